The lowest BCUT2D eigenvalue weighted by Gasteiger charge is -2.28. The van der Waals surface area contributed by atoms with Crippen LogP contribution in [-0.2, 0) is 0 Å². The molecule has 0 saturated carbocycles. The number of piperidine rings is 1. The maximum Gasteiger partial charge on any atom is 0.134 e. The minimum Gasteiger partial charge on any atom is -0.370 e. The molecule has 0 unspecified atom stereocenters. The SMILES string of the molecule is Cc1nc(NCCCN(C)C)cc(N2CCCCC2)n1. The van der Waals surface area contributed by atoms with Crippen molar-refractivity contribution in [3.63, 3.8) is 0 Å². The van der Waals surface area contributed by atoms with Crippen molar-refractivity contribution in [2.75, 3.05) is 50.5 Å². The Hall–Kier alpha value is -1.36. The Balaban J connectivity index is 1.93. The van der Waals surface area contributed by atoms with Crippen LogP contribution in [0.25, 0.3) is 0 Å². The highest BCUT2D eigenvalue weighted by Crippen LogP contribution is 2.20. The zero-order valence-corrected chi connectivity index (χ0v) is 13.0. The van der Waals surface area contributed by atoms with Crippen LogP contribution in [0.1, 0.15) is 31.5 Å². The summed E-state index contributed by atoms with van der Waals surface area (Å²) < 4.78 is 0. The predicted molar refractivity (Wildman–Crippen MR) is 84.5 cm³/mol. The van der Waals surface area contributed by atoms with E-state index >= 15 is 0 Å². The average molecular weight is 277 g/mol. The molecule has 1 N–H and O–H groups in total. The van der Waals surface area contributed by atoms with Crippen molar-refractivity contribution in [1.29, 1.82) is 0 Å². The number of nitrogens with zero attached hydrogens (tertiary/aromatic N) is 4. The van der Waals surface area contributed by atoms with Crippen molar-refractivity contribution >= 4 is 11.6 Å². The van der Waals surface area contributed by atoms with E-state index in [1.807, 2.05) is 6.92 Å². The second-order valence-corrected chi connectivity index (χ2v) is 5.79. The van der Waals surface area contributed by atoms with Crippen LogP contribution in [0.3, 0.4) is 0 Å². The van der Waals surface area contributed by atoms with E-state index in [1.165, 1.54) is 19.3 Å². The largest absolute Gasteiger partial charge is 0.370 e. The second kappa shape index (κ2) is 7.43. The van der Waals surface area contributed by atoms with Gasteiger partial charge < -0.3 is 15.1 Å². The third kappa shape index (κ3) is 4.63. The molecule has 0 amide bonds. The van der Waals surface area contributed by atoms with Crippen LogP contribution in [0, 0.1) is 6.92 Å². The molecule has 0 radical (unpaired) electrons. The molecule has 20 heavy (non-hydrogen) atoms. The monoisotopic (exact) mass is 277 g/mol. The van der Waals surface area contributed by atoms with Gasteiger partial charge in [-0.2, -0.15) is 0 Å². The molecular weight excluding hydrogens is 250 g/mol. The van der Waals surface area contributed by atoms with Crippen LogP contribution >= 0.6 is 0 Å². The fraction of sp³-hybridized carbons (Fsp3) is 0.733. The molecular formula is C15H27N5. The van der Waals surface area contributed by atoms with Crippen LogP contribution < -0.4 is 10.2 Å². The number of nitrogens with one attached hydrogen (secondary N) is 1. The highest BCUT2D eigenvalue weighted by atomic mass is 15.2. The van der Waals surface area contributed by atoms with Gasteiger partial charge >= 0.3 is 0 Å². The molecule has 1 fully saturated rings. The molecule has 5 heteroatoms. The van der Waals surface area contributed by atoms with Crippen LogP contribution in [0.2, 0.25) is 0 Å². The van der Waals surface area contributed by atoms with Gasteiger partial charge in [0.25, 0.3) is 0 Å². The lowest BCUT2D eigenvalue weighted by molar-refractivity contribution is 0.405. The number of hydrogen-bond donors (Lipinski definition) is 1. The van der Waals surface area contributed by atoms with Gasteiger partial charge in [0.1, 0.15) is 17.5 Å². The number of rotatable bonds is 6. The maximum atomic E-state index is 4.58. The van der Waals surface area contributed by atoms with Crippen molar-refractivity contribution < 1.29 is 0 Å². The van der Waals surface area contributed by atoms with Crippen molar-refractivity contribution in [2.24, 2.45) is 0 Å². The zero-order valence-electron chi connectivity index (χ0n) is 13.0. The first kappa shape index (κ1) is 15.0. The molecule has 0 aromatic carbocycles. The Morgan fingerprint density at radius 3 is 2.65 bits per heavy atom. The second-order valence-electron chi connectivity index (χ2n) is 5.79. The van der Waals surface area contributed by atoms with Crippen LogP contribution in [0.5, 0.6) is 0 Å². The van der Waals surface area contributed by atoms with E-state index in [0.29, 0.717) is 0 Å². The number of aryl methyl sites for hydroxylation is 1. The first-order valence-corrected chi connectivity index (χ1v) is 7.64. The molecule has 5 nitrogen and oxygen atoms in total. The Morgan fingerprint density at radius 1 is 1.20 bits per heavy atom. The smallest absolute Gasteiger partial charge is 0.134 e. The van der Waals surface area contributed by atoms with Gasteiger partial charge in [-0.25, -0.2) is 9.97 Å². The van der Waals surface area contributed by atoms with Gasteiger partial charge in [-0.1, -0.05) is 0 Å². The molecule has 0 aliphatic carbocycles. The van der Waals surface area contributed by atoms with Gasteiger partial charge in [0, 0.05) is 25.7 Å². The Bertz CT molecular complexity index is 413. The number of aromatic nitrogens is 2. The predicted octanol–water partition coefficient (Wildman–Crippen LogP) is 2.14. The summed E-state index contributed by atoms with van der Waals surface area (Å²) in [5, 5.41) is 3.42. The van der Waals surface area contributed by atoms with E-state index in [2.05, 4.69) is 45.2 Å². The minimum absolute atomic E-state index is 0.850. The van der Waals surface area contributed by atoms with Crippen molar-refractivity contribution in [2.45, 2.75) is 32.6 Å². The molecule has 1 aromatic heterocycles. The topological polar surface area (TPSA) is 44.3 Å². The fourth-order valence-corrected chi connectivity index (χ4v) is 2.54. The Kier molecular flexibility index (Phi) is 5.59. The minimum atomic E-state index is 0.850. The maximum absolute atomic E-state index is 4.58. The van der Waals surface area contributed by atoms with Crippen LogP contribution in [-0.4, -0.2) is 55.1 Å². The molecule has 2 heterocycles. The van der Waals surface area contributed by atoms with Gasteiger partial charge in [-0.3, -0.25) is 0 Å². The molecule has 1 aliphatic rings. The van der Waals surface area contributed by atoms with Gasteiger partial charge in [-0.15, -0.1) is 0 Å². The average Bonchev–Trinajstić information content (AvgIpc) is 2.44. The zero-order chi connectivity index (χ0) is 14.4. The lowest BCUT2D eigenvalue weighted by Crippen LogP contribution is -2.30. The summed E-state index contributed by atoms with van der Waals surface area (Å²) >= 11 is 0. The van der Waals surface area contributed by atoms with E-state index in [1.54, 1.807) is 0 Å². The fourth-order valence-electron chi connectivity index (χ4n) is 2.54. The van der Waals surface area contributed by atoms with Crippen molar-refractivity contribution in [3.8, 4) is 0 Å². The quantitative estimate of drug-likeness (QED) is 0.807. The normalized spacial score (nSPS) is 15.7. The van der Waals surface area contributed by atoms with Gasteiger partial charge in [0.2, 0.25) is 0 Å². The number of hydrogen-bond acceptors (Lipinski definition) is 5. The molecule has 1 aromatic rings. The Labute approximate surface area is 122 Å². The standard InChI is InChI=1S/C15H27N5/c1-13-17-14(16-8-7-9-19(2)3)12-15(18-13)20-10-5-4-6-11-20/h12H,4-11H2,1-3H3,(H,16,17,18). The highest BCUT2D eigenvalue weighted by Gasteiger charge is 2.13. The van der Waals surface area contributed by atoms with E-state index in [4.69, 9.17) is 0 Å². The summed E-state index contributed by atoms with van der Waals surface area (Å²) in [5.74, 6) is 2.88. The lowest BCUT2D eigenvalue weighted by atomic mass is 10.1. The molecule has 1 saturated heterocycles. The molecule has 2 rings (SSSR count). The first-order chi connectivity index (χ1) is 9.65. The van der Waals surface area contributed by atoms with Crippen molar-refractivity contribution in [1.82, 2.24) is 14.9 Å². The molecule has 0 spiro atoms. The van der Waals surface area contributed by atoms with Crippen LogP contribution in [0.15, 0.2) is 6.07 Å². The van der Waals surface area contributed by atoms with E-state index < -0.39 is 0 Å². The summed E-state index contributed by atoms with van der Waals surface area (Å²) in [6.45, 7) is 6.26. The van der Waals surface area contributed by atoms with E-state index in [0.717, 1.165) is 50.1 Å². The Morgan fingerprint density at radius 2 is 1.95 bits per heavy atom. The molecule has 1 aliphatic heterocycles. The summed E-state index contributed by atoms with van der Waals surface area (Å²) in [5.41, 5.74) is 0. The highest BCUT2D eigenvalue weighted by molar-refractivity contribution is 5.49. The van der Waals surface area contributed by atoms with Crippen LogP contribution in [0.4, 0.5) is 11.6 Å². The first-order valence-electron chi connectivity index (χ1n) is 7.64. The van der Waals surface area contributed by atoms with Gasteiger partial charge in [-0.05, 0) is 53.2 Å². The molecule has 0 atom stereocenters. The molecule has 112 valence electrons. The van der Waals surface area contributed by atoms with E-state index in [9.17, 15) is 0 Å². The van der Waals surface area contributed by atoms with Gasteiger partial charge in [0.05, 0.1) is 0 Å². The molecule has 0 bridgehead atoms. The van der Waals surface area contributed by atoms with Gasteiger partial charge in [0.15, 0.2) is 0 Å². The summed E-state index contributed by atoms with van der Waals surface area (Å²) in [6, 6.07) is 2.09. The number of anilines is 2. The van der Waals surface area contributed by atoms with Crippen molar-refractivity contribution in [3.05, 3.63) is 11.9 Å². The summed E-state index contributed by atoms with van der Waals surface area (Å²) in [7, 11) is 4.20. The van der Waals surface area contributed by atoms with E-state index in [-0.39, 0.29) is 0 Å². The summed E-state index contributed by atoms with van der Waals surface area (Å²) in [4.78, 5) is 13.6. The summed E-state index contributed by atoms with van der Waals surface area (Å²) in [6.07, 6.45) is 5.01. The third-order valence-corrected chi connectivity index (χ3v) is 3.59. The third-order valence-electron chi connectivity index (χ3n) is 3.59.